The SMILES string of the molecule is CCCCCN(CC)S(=O)[O-]. The summed E-state index contributed by atoms with van der Waals surface area (Å²) in [6.45, 7) is 5.20. The van der Waals surface area contributed by atoms with Gasteiger partial charge in [0, 0.05) is 24.4 Å². The molecule has 0 saturated carbocycles. The molecular formula is C7H16NO2S-. The fourth-order valence-corrected chi connectivity index (χ4v) is 1.37. The lowest BCUT2D eigenvalue weighted by molar-refractivity contribution is 0.391. The van der Waals surface area contributed by atoms with Crippen molar-refractivity contribution in [2.75, 3.05) is 13.1 Å². The highest BCUT2D eigenvalue weighted by Gasteiger charge is 1.99. The van der Waals surface area contributed by atoms with Gasteiger partial charge in [0.25, 0.3) is 0 Å². The van der Waals surface area contributed by atoms with Crippen molar-refractivity contribution in [2.24, 2.45) is 0 Å². The summed E-state index contributed by atoms with van der Waals surface area (Å²) >= 11 is -2.02. The largest absolute Gasteiger partial charge is 0.760 e. The zero-order valence-electron chi connectivity index (χ0n) is 7.21. The summed E-state index contributed by atoms with van der Waals surface area (Å²) in [7, 11) is 0. The fourth-order valence-electron chi connectivity index (χ4n) is 0.876. The Morgan fingerprint density at radius 3 is 2.36 bits per heavy atom. The topological polar surface area (TPSA) is 43.4 Å². The standard InChI is InChI=1S/C7H17NO2S/c1-3-5-6-7-8(4-2)11(9)10/h3-7H2,1-2H3,(H,9,10)/p-1. The lowest BCUT2D eigenvalue weighted by Gasteiger charge is -2.21. The van der Waals surface area contributed by atoms with Crippen LogP contribution in [-0.2, 0) is 11.3 Å². The van der Waals surface area contributed by atoms with Gasteiger partial charge in [-0.15, -0.1) is 0 Å². The van der Waals surface area contributed by atoms with Gasteiger partial charge in [-0.3, -0.25) is 4.21 Å². The van der Waals surface area contributed by atoms with E-state index >= 15 is 0 Å². The molecule has 0 radical (unpaired) electrons. The quantitative estimate of drug-likeness (QED) is 0.454. The third kappa shape index (κ3) is 5.35. The van der Waals surface area contributed by atoms with Gasteiger partial charge in [-0.25, -0.2) is 4.31 Å². The maximum atomic E-state index is 10.5. The second-order valence-electron chi connectivity index (χ2n) is 2.45. The van der Waals surface area contributed by atoms with Crippen molar-refractivity contribution in [1.29, 1.82) is 0 Å². The normalized spacial score (nSPS) is 13.8. The third-order valence-corrected chi connectivity index (χ3v) is 2.44. The van der Waals surface area contributed by atoms with Crippen molar-refractivity contribution in [1.82, 2.24) is 4.31 Å². The van der Waals surface area contributed by atoms with E-state index in [1.807, 2.05) is 6.92 Å². The molecule has 0 spiro atoms. The molecule has 0 heterocycles. The Bertz CT molecular complexity index is 119. The average Bonchev–Trinajstić information content (AvgIpc) is 1.97. The maximum Gasteiger partial charge on any atom is 0.0209 e. The van der Waals surface area contributed by atoms with E-state index in [1.165, 1.54) is 4.31 Å². The second-order valence-corrected chi connectivity index (χ2v) is 3.40. The molecule has 1 unspecified atom stereocenters. The summed E-state index contributed by atoms with van der Waals surface area (Å²) < 4.78 is 22.3. The molecule has 0 aliphatic rings. The first-order chi connectivity index (χ1) is 5.22. The summed E-state index contributed by atoms with van der Waals surface area (Å²) in [6.07, 6.45) is 3.20. The molecule has 0 aromatic rings. The number of unbranched alkanes of at least 4 members (excludes halogenated alkanes) is 2. The molecule has 0 fully saturated rings. The van der Waals surface area contributed by atoms with Crippen LogP contribution in [0.2, 0.25) is 0 Å². The molecular weight excluding hydrogens is 162 g/mol. The lowest BCUT2D eigenvalue weighted by Crippen LogP contribution is -2.26. The van der Waals surface area contributed by atoms with E-state index < -0.39 is 11.3 Å². The van der Waals surface area contributed by atoms with Crippen LogP contribution in [0.5, 0.6) is 0 Å². The maximum absolute atomic E-state index is 10.5. The highest BCUT2D eigenvalue weighted by Crippen LogP contribution is 1.99. The molecule has 11 heavy (non-hydrogen) atoms. The molecule has 0 bridgehead atoms. The van der Waals surface area contributed by atoms with Crippen LogP contribution in [-0.4, -0.2) is 26.2 Å². The van der Waals surface area contributed by atoms with Crippen molar-refractivity contribution in [3.63, 3.8) is 0 Å². The van der Waals surface area contributed by atoms with E-state index in [0.29, 0.717) is 13.1 Å². The van der Waals surface area contributed by atoms with Crippen LogP contribution in [0.15, 0.2) is 0 Å². The summed E-state index contributed by atoms with van der Waals surface area (Å²) in [5.41, 5.74) is 0. The minimum atomic E-state index is -2.02. The van der Waals surface area contributed by atoms with Crippen molar-refractivity contribution in [3.05, 3.63) is 0 Å². The molecule has 1 atom stereocenters. The number of hydrogen-bond acceptors (Lipinski definition) is 2. The molecule has 0 aromatic carbocycles. The smallest absolute Gasteiger partial charge is 0.0209 e. The molecule has 0 aromatic heterocycles. The second kappa shape index (κ2) is 6.76. The van der Waals surface area contributed by atoms with Crippen molar-refractivity contribution >= 4 is 11.3 Å². The predicted octanol–water partition coefficient (Wildman–Crippen LogP) is 1.29. The molecule has 0 N–H and O–H groups in total. The zero-order valence-corrected chi connectivity index (χ0v) is 8.02. The first kappa shape index (κ1) is 11.1. The van der Waals surface area contributed by atoms with E-state index in [0.717, 1.165) is 19.3 Å². The van der Waals surface area contributed by atoms with Crippen molar-refractivity contribution in [3.8, 4) is 0 Å². The molecule has 4 heteroatoms. The van der Waals surface area contributed by atoms with Gasteiger partial charge >= 0.3 is 0 Å². The average molecular weight is 178 g/mol. The monoisotopic (exact) mass is 178 g/mol. The zero-order chi connectivity index (χ0) is 8.69. The Labute approximate surface area is 71.2 Å². The molecule has 0 rings (SSSR count). The number of rotatable bonds is 6. The van der Waals surface area contributed by atoms with Crippen LogP contribution in [0.4, 0.5) is 0 Å². The number of hydrogen-bond donors (Lipinski definition) is 0. The van der Waals surface area contributed by atoms with Gasteiger partial charge in [-0.05, 0) is 6.42 Å². The Balaban J connectivity index is 3.44. The highest BCUT2D eigenvalue weighted by atomic mass is 32.2. The molecule has 0 aliphatic carbocycles. The minimum absolute atomic E-state index is 0.583. The van der Waals surface area contributed by atoms with Crippen LogP contribution >= 0.6 is 0 Å². The fraction of sp³-hybridized carbons (Fsp3) is 1.00. The van der Waals surface area contributed by atoms with Gasteiger partial charge in [-0.1, -0.05) is 26.7 Å². The predicted molar refractivity (Wildman–Crippen MR) is 45.7 cm³/mol. The van der Waals surface area contributed by atoms with Gasteiger partial charge in [0.1, 0.15) is 0 Å². The number of nitrogens with zero attached hydrogens (tertiary/aromatic N) is 1. The first-order valence-corrected chi connectivity index (χ1v) is 5.09. The third-order valence-electron chi connectivity index (χ3n) is 1.57. The molecule has 68 valence electrons. The van der Waals surface area contributed by atoms with E-state index in [1.54, 1.807) is 0 Å². The van der Waals surface area contributed by atoms with Crippen LogP contribution in [0, 0.1) is 0 Å². The lowest BCUT2D eigenvalue weighted by atomic mass is 10.2. The Morgan fingerprint density at radius 2 is 2.00 bits per heavy atom. The van der Waals surface area contributed by atoms with Crippen LogP contribution in [0.3, 0.4) is 0 Å². The van der Waals surface area contributed by atoms with E-state index in [9.17, 15) is 8.76 Å². The van der Waals surface area contributed by atoms with Crippen LogP contribution in [0.25, 0.3) is 0 Å². The summed E-state index contributed by atoms with van der Waals surface area (Å²) in [5.74, 6) is 0. The molecule has 0 saturated heterocycles. The summed E-state index contributed by atoms with van der Waals surface area (Å²) in [6, 6.07) is 0. The van der Waals surface area contributed by atoms with Crippen molar-refractivity contribution in [2.45, 2.75) is 33.1 Å². The molecule has 3 nitrogen and oxygen atoms in total. The van der Waals surface area contributed by atoms with Crippen molar-refractivity contribution < 1.29 is 8.76 Å². The van der Waals surface area contributed by atoms with E-state index in [-0.39, 0.29) is 0 Å². The Kier molecular flexibility index (Phi) is 6.80. The van der Waals surface area contributed by atoms with E-state index in [4.69, 9.17) is 0 Å². The summed E-state index contributed by atoms with van der Waals surface area (Å²) in [4.78, 5) is 0. The highest BCUT2D eigenvalue weighted by molar-refractivity contribution is 7.76. The van der Waals surface area contributed by atoms with Gasteiger partial charge in [-0.2, -0.15) is 0 Å². The summed E-state index contributed by atoms with van der Waals surface area (Å²) in [5, 5.41) is 0. The Hall–Kier alpha value is 0.0700. The van der Waals surface area contributed by atoms with Crippen LogP contribution < -0.4 is 0 Å². The molecule has 0 amide bonds. The van der Waals surface area contributed by atoms with Gasteiger partial charge in [0.2, 0.25) is 0 Å². The van der Waals surface area contributed by atoms with Gasteiger partial charge < -0.3 is 4.55 Å². The van der Waals surface area contributed by atoms with E-state index in [2.05, 4.69) is 6.92 Å². The molecule has 0 aliphatic heterocycles. The van der Waals surface area contributed by atoms with Gasteiger partial charge in [0.15, 0.2) is 0 Å². The Morgan fingerprint density at radius 1 is 1.36 bits per heavy atom. The van der Waals surface area contributed by atoms with Gasteiger partial charge in [0.05, 0.1) is 0 Å². The van der Waals surface area contributed by atoms with Crippen LogP contribution in [0.1, 0.15) is 33.1 Å². The minimum Gasteiger partial charge on any atom is -0.760 e. The first-order valence-electron chi connectivity index (χ1n) is 4.06.